The summed E-state index contributed by atoms with van der Waals surface area (Å²) in [5.41, 5.74) is 0. The molecule has 0 spiro atoms. The van der Waals surface area contributed by atoms with E-state index in [2.05, 4.69) is 24.1 Å². The maximum Gasteiger partial charge on any atom is 0.0221 e. The van der Waals surface area contributed by atoms with Gasteiger partial charge in [-0.1, -0.05) is 20.3 Å². The largest absolute Gasteiger partial charge is 0.315 e. The minimum atomic E-state index is 0.815. The van der Waals surface area contributed by atoms with E-state index in [0.29, 0.717) is 0 Å². The van der Waals surface area contributed by atoms with Crippen LogP contribution >= 0.6 is 0 Å². The summed E-state index contributed by atoms with van der Waals surface area (Å²) in [6.45, 7) is 9.59. The van der Waals surface area contributed by atoms with Gasteiger partial charge in [-0.25, -0.2) is 0 Å². The standard InChI is InChI=1S/C12H26N2/c1-3-5-10-14(9-4-2)12-7-6-8-13-11-12/h12-13H,3-11H2,1-2H3. The zero-order valence-corrected chi connectivity index (χ0v) is 9.89. The maximum absolute atomic E-state index is 3.51. The van der Waals surface area contributed by atoms with E-state index in [4.69, 9.17) is 0 Å². The van der Waals surface area contributed by atoms with Gasteiger partial charge in [-0.05, 0) is 45.3 Å². The fourth-order valence-electron chi connectivity index (χ4n) is 2.27. The molecule has 0 aromatic carbocycles. The number of piperidine rings is 1. The van der Waals surface area contributed by atoms with E-state index in [1.807, 2.05) is 0 Å². The number of hydrogen-bond donors (Lipinski definition) is 1. The van der Waals surface area contributed by atoms with E-state index in [9.17, 15) is 0 Å². The summed E-state index contributed by atoms with van der Waals surface area (Å²) >= 11 is 0. The van der Waals surface area contributed by atoms with Gasteiger partial charge in [0.2, 0.25) is 0 Å². The van der Waals surface area contributed by atoms with E-state index in [-0.39, 0.29) is 0 Å². The van der Waals surface area contributed by atoms with E-state index in [0.717, 1.165) is 6.04 Å². The van der Waals surface area contributed by atoms with Crippen molar-refractivity contribution in [1.29, 1.82) is 0 Å². The smallest absolute Gasteiger partial charge is 0.0221 e. The van der Waals surface area contributed by atoms with Crippen molar-refractivity contribution in [2.75, 3.05) is 26.2 Å². The number of rotatable bonds is 6. The normalized spacial score (nSPS) is 22.9. The molecule has 1 rings (SSSR count). The van der Waals surface area contributed by atoms with Crippen molar-refractivity contribution in [2.24, 2.45) is 0 Å². The lowest BCUT2D eigenvalue weighted by Crippen LogP contribution is -2.46. The first kappa shape index (κ1) is 12.0. The molecule has 1 saturated heterocycles. The highest BCUT2D eigenvalue weighted by Crippen LogP contribution is 2.11. The third-order valence-electron chi connectivity index (χ3n) is 3.10. The number of hydrogen-bond acceptors (Lipinski definition) is 2. The predicted molar refractivity (Wildman–Crippen MR) is 62.7 cm³/mol. The zero-order valence-electron chi connectivity index (χ0n) is 9.89. The second-order valence-electron chi connectivity index (χ2n) is 4.39. The number of nitrogens with zero attached hydrogens (tertiary/aromatic N) is 1. The molecule has 0 aromatic heterocycles. The van der Waals surface area contributed by atoms with Gasteiger partial charge in [-0.15, -0.1) is 0 Å². The molecule has 1 fully saturated rings. The summed E-state index contributed by atoms with van der Waals surface area (Å²) in [6, 6.07) is 0.815. The molecule has 0 aromatic rings. The molecule has 0 aliphatic carbocycles. The average molecular weight is 198 g/mol. The van der Waals surface area contributed by atoms with E-state index in [1.54, 1.807) is 0 Å². The Morgan fingerprint density at radius 2 is 2.07 bits per heavy atom. The van der Waals surface area contributed by atoms with Gasteiger partial charge in [0.25, 0.3) is 0 Å². The highest BCUT2D eigenvalue weighted by Gasteiger charge is 2.19. The van der Waals surface area contributed by atoms with Crippen LogP contribution in [0.15, 0.2) is 0 Å². The van der Waals surface area contributed by atoms with Gasteiger partial charge in [-0.3, -0.25) is 4.90 Å². The van der Waals surface area contributed by atoms with Crippen LogP contribution in [-0.4, -0.2) is 37.1 Å². The van der Waals surface area contributed by atoms with Gasteiger partial charge in [-0.2, -0.15) is 0 Å². The van der Waals surface area contributed by atoms with Crippen LogP contribution in [0.2, 0.25) is 0 Å². The van der Waals surface area contributed by atoms with Gasteiger partial charge in [0.15, 0.2) is 0 Å². The lowest BCUT2D eigenvalue weighted by Gasteiger charge is -2.34. The van der Waals surface area contributed by atoms with Crippen molar-refractivity contribution in [1.82, 2.24) is 10.2 Å². The number of nitrogens with one attached hydrogen (secondary N) is 1. The molecule has 0 bridgehead atoms. The third kappa shape index (κ3) is 3.97. The summed E-state index contributed by atoms with van der Waals surface area (Å²) in [5, 5.41) is 3.51. The van der Waals surface area contributed by atoms with Crippen LogP contribution in [0.1, 0.15) is 46.0 Å². The quantitative estimate of drug-likeness (QED) is 0.704. The molecular formula is C12H26N2. The van der Waals surface area contributed by atoms with Gasteiger partial charge in [0, 0.05) is 12.6 Å². The zero-order chi connectivity index (χ0) is 10.2. The van der Waals surface area contributed by atoms with Gasteiger partial charge >= 0.3 is 0 Å². The molecule has 14 heavy (non-hydrogen) atoms. The molecule has 84 valence electrons. The summed E-state index contributed by atoms with van der Waals surface area (Å²) in [4.78, 5) is 2.69. The summed E-state index contributed by atoms with van der Waals surface area (Å²) < 4.78 is 0. The summed E-state index contributed by atoms with van der Waals surface area (Å²) in [6.07, 6.45) is 6.73. The Hall–Kier alpha value is -0.0800. The Balaban J connectivity index is 2.30. The summed E-state index contributed by atoms with van der Waals surface area (Å²) in [7, 11) is 0. The van der Waals surface area contributed by atoms with Crippen LogP contribution in [0, 0.1) is 0 Å². The van der Waals surface area contributed by atoms with Crippen LogP contribution in [0.25, 0.3) is 0 Å². The third-order valence-corrected chi connectivity index (χ3v) is 3.10. The first-order chi connectivity index (χ1) is 6.88. The van der Waals surface area contributed by atoms with Gasteiger partial charge in [0.05, 0.1) is 0 Å². The van der Waals surface area contributed by atoms with E-state index < -0.39 is 0 Å². The maximum atomic E-state index is 3.51. The molecule has 2 heteroatoms. The van der Waals surface area contributed by atoms with Crippen molar-refractivity contribution >= 4 is 0 Å². The van der Waals surface area contributed by atoms with E-state index >= 15 is 0 Å². The van der Waals surface area contributed by atoms with Crippen LogP contribution in [-0.2, 0) is 0 Å². The fraction of sp³-hybridized carbons (Fsp3) is 1.00. The molecule has 1 aliphatic rings. The Bertz CT molecular complexity index is 130. The molecule has 1 atom stereocenters. The van der Waals surface area contributed by atoms with Gasteiger partial charge in [0.1, 0.15) is 0 Å². The molecule has 1 heterocycles. The second-order valence-corrected chi connectivity index (χ2v) is 4.39. The fourth-order valence-corrected chi connectivity index (χ4v) is 2.27. The van der Waals surface area contributed by atoms with Crippen LogP contribution in [0.5, 0.6) is 0 Å². The Kier molecular flexibility index (Phi) is 6.20. The molecule has 2 nitrogen and oxygen atoms in total. The molecule has 0 saturated carbocycles. The molecular weight excluding hydrogens is 172 g/mol. The van der Waals surface area contributed by atoms with Crippen molar-refractivity contribution in [3.05, 3.63) is 0 Å². The Morgan fingerprint density at radius 1 is 1.21 bits per heavy atom. The highest BCUT2D eigenvalue weighted by atomic mass is 15.2. The highest BCUT2D eigenvalue weighted by molar-refractivity contribution is 4.78. The lowest BCUT2D eigenvalue weighted by molar-refractivity contribution is 0.163. The number of unbranched alkanes of at least 4 members (excludes halogenated alkanes) is 1. The topological polar surface area (TPSA) is 15.3 Å². The molecule has 1 aliphatic heterocycles. The van der Waals surface area contributed by atoms with Crippen molar-refractivity contribution in [3.63, 3.8) is 0 Å². The first-order valence-corrected chi connectivity index (χ1v) is 6.33. The van der Waals surface area contributed by atoms with Crippen LogP contribution in [0.4, 0.5) is 0 Å². The SMILES string of the molecule is CCCCN(CCC)C1CCCNC1. The Labute approximate surface area is 89.1 Å². The average Bonchev–Trinajstić information content (AvgIpc) is 2.25. The first-order valence-electron chi connectivity index (χ1n) is 6.33. The van der Waals surface area contributed by atoms with Crippen molar-refractivity contribution in [3.8, 4) is 0 Å². The molecule has 1 unspecified atom stereocenters. The van der Waals surface area contributed by atoms with Crippen LogP contribution < -0.4 is 5.32 Å². The van der Waals surface area contributed by atoms with Gasteiger partial charge < -0.3 is 5.32 Å². The lowest BCUT2D eigenvalue weighted by atomic mass is 10.1. The van der Waals surface area contributed by atoms with Crippen LogP contribution in [0.3, 0.4) is 0 Å². The monoisotopic (exact) mass is 198 g/mol. The van der Waals surface area contributed by atoms with Crippen molar-refractivity contribution in [2.45, 2.75) is 52.0 Å². The minimum absolute atomic E-state index is 0.815. The van der Waals surface area contributed by atoms with E-state index in [1.165, 1.54) is 58.3 Å². The second kappa shape index (κ2) is 7.24. The summed E-state index contributed by atoms with van der Waals surface area (Å²) in [5.74, 6) is 0. The molecule has 1 N–H and O–H groups in total. The van der Waals surface area contributed by atoms with Crippen molar-refractivity contribution < 1.29 is 0 Å². The predicted octanol–water partition coefficient (Wildman–Crippen LogP) is 2.25. The molecule has 0 amide bonds. The molecule has 0 radical (unpaired) electrons. The minimum Gasteiger partial charge on any atom is -0.315 e. The Morgan fingerprint density at radius 3 is 2.64 bits per heavy atom.